The highest BCUT2D eigenvalue weighted by Crippen LogP contribution is 2.44. The number of aromatic nitrogens is 2. The molecule has 2 heterocycles. The van der Waals surface area contributed by atoms with Gasteiger partial charge in [0.15, 0.2) is 4.34 Å². The number of Topliss-reactive ketones (excluding diaryl/α,β-unsaturated/α-hetero) is 1. The van der Waals surface area contributed by atoms with E-state index in [1.54, 1.807) is 6.07 Å². The molecule has 1 aromatic heterocycles. The number of amides is 1. The van der Waals surface area contributed by atoms with E-state index in [-0.39, 0.29) is 16.5 Å². The summed E-state index contributed by atoms with van der Waals surface area (Å²) in [6.07, 6.45) is 0. The number of carbonyl (C=O) groups is 2. The standard InChI is InChI=1S/C28H22FN3O3S2/c1-16-8-9-17(2)21(14-16)24(33)22-23(19-10-12-20(29)13-11-19)32(26(35)25(22)34)27-30-31-28(37-27)36-15-18-6-4-3-5-7-18/h3-14,23,33H,15H2,1-2H3. The maximum absolute atomic E-state index is 13.8. The molecule has 0 aliphatic carbocycles. The second kappa shape index (κ2) is 10.3. The number of ketones is 1. The molecular formula is C28H22FN3O3S2. The molecule has 0 radical (unpaired) electrons. The molecule has 9 heteroatoms. The number of halogens is 1. The fourth-order valence-corrected chi connectivity index (χ4v) is 6.03. The van der Waals surface area contributed by atoms with Gasteiger partial charge in [-0.2, -0.15) is 0 Å². The summed E-state index contributed by atoms with van der Waals surface area (Å²) in [6.45, 7) is 3.70. The highest BCUT2D eigenvalue weighted by molar-refractivity contribution is 8.00. The van der Waals surface area contributed by atoms with Gasteiger partial charge in [-0.15, -0.1) is 10.2 Å². The van der Waals surface area contributed by atoms with Crippen molar-refractivity contribution in [2.45, 2.75) is 30.0 Å². The minimum atomic E-state index is -0.986. The summed E-state index contributed by atoms with van der Waals surface area (Å²) in [5.41, 5.74) is 3.62. The first-order chi connectivity index (χ1) is 17.8. The highest BCUT2D eigenvalue weighted by atomic mass is 32.2. The molecule has 1 aliphatic heterocycles. The molecule has 4 aromatic rings. The number of hydrogen-bond donors (Lipinski definition) is 1. The van der Waals surface area contributed by atoms with Crippen LogP contribution in [0, 0.1) is 19.7 Å². The Morgan fingerprint density at radius 3 is 2.49 bits per heavy atom. The molecule has 1 aliphatic rings. The largest absolute Gasteiger partial charge is 0.507 e. The quantitative estimate of drug-likeness (QED) is 0.105. The predicted octanol–water partition coefficient (Wildman–Crippen LogP) is 6.21. The molecule has 1 unspecified atom stereocenters. The number of anilines is 1. The predicted molar refractivity (Wildman–Crippen MR) is 143 cm³/mol. The number of hydrogen-bond acceptors (Lipinski definition) is 7. The van der Waals surface area contributed by atoms with Gasteiger partial charge in [0.1, 0.15) is 11.6 Å². The van der Waals surface area contributed by atoms with Crippen molar-refractivity contribution in [3.63, 3.8) is 0 Å². The van der Waals surface area contributed by atoms with Crippen LogP contribution in [0.3, 0.4) is 0 Å². The molecule has 5 rings (SSSR count). The van der Waals surface area contributed by atoms with E-state index >= 15 is 0 Å². The molecule has 186 valence electrons. The van der Waals surface area contributed by atoms with Gasteiger partial charge in [-0.25, -0.2) is 4.39 Å². The number of thioether (sulfide) groups is 1. The van der Waals surface area contributed by atoms with Crippen LogP contribution in [0.25, 0.3) is 5.76 Å². The fourth-order valence-electron chi connectivity index (χ4n) is 4.20. The van der Waals surface area contributed by atoms with E-state index in [1.165, 1.54) is 52.3 Å². The van der Waals surface area contributed by atoms with Crippen LogP contribution in [0.5, 0.6) is 0 Å². The van der Waals surface area contributed by atoms with Crippen molar-refractivity contribution in [2.24, 2.45) is 0 Å². The third-order valence-electron chi connectivity index (χ3n) is 6.09. The zero-order valence-electron chi connectivity index (χ0n) is 20.0. The van der Waals surface area contributed by atoms with Crippen LogP contribution in [-0.4, -0.2) is 27.0 Å². The Hall–Kier alpha value is -3.82. The Bertz CT molecular complexity index is 1520. The van der Waals surface area contributed by atoms with E-state index in [2.05, 4.69) is 10.2 Å². The minimum Gasteiger partial charge on any atom is -0.507 e. The van der Waals surface area contributed by atoms with Crippen molar-refractivity contribution in [3.05, 3.63) is 112 Å². The van der Waals surface area contributed by atoms with Crippen molar-refractivity contribution >= 4 is 45.7 Å². The summed E-state index contributed by atoms with van der Waals surface area (Å²) >= 11 is 2.66. The maximum Gasteiger partial charge on any atom is 0.301 e. The summed E-state index contributed by atoms with van der Waals surface area (Å²) in [5.74, 6) is -1.72. The molecular weight excluding hydrogens is 509 g/mol. The Morgan fingerprint density at radius 2 is 1.76 bits per heavy atom. The Kier molecular flexibility index (Phi) is 6.90. The summed E-state index contributed by atoms with van der Waals surface area (Å²) < 4.78 is 14.4. The second-order valence-electron chi connectivity index (χ2n) is 8.66. The van der Waals surface area contributed by atoms with Crippen LogP contribution in [0.4, 0.5) is 9.52 Å². The van der Waals surface area contributed by atoms with Gasteiger partial charge in [0.05, 0.1) is 11.6 Å². The van der Waals surface area contributed by atoms with Crippen molar-refractivity contribution in [2.75, 3.05) is 4.90 Å². The molecule has 1 amide bonds. The molecule has 1 saturated heterocycles. The minimum absolute atomic E-state index is 0.0704. The van der Waals surface area contributed by atoms with E-state index in [4.69, 9.17) is 0 Å². The first-order valence-electron chi connectivity index (χ1n) is 11.5. The first kappa shape index (κ1) is 24.9. The molecule has 1 atom stereocenters. The van der Waals surface area contributed by atoms with Gasteiger partial charge in [-0.1, -0.05) is 83.3 Å². The van der Waals surface area contributed by atoms with Gasteiger partial charge < -0.3 is 5.11 Å². The summed E-state index contributed by atoms with van der Waals surface area (Å²) in [7, 11) is 0. The molecule has 1 fully saturated rings. The number of aryl methyl sites for hydroxylation is 2. The third-order valence-corrected chi connectivity index (χ3v) is 8.21. The van der Waals surface area contributed by atoms with E-state index < -0.39 is 23.5 Å². The Labute approximate surface area is 221 Å². The number of nitrogens with zero attached hydrogens (tertiary/aromatic N) is 3. The van der Waals surface area contributed by atoms with Crippen LogP contribution < -0.4 is 4.90 Å². The fraction of sp³-hybridized carbons (Fsp3) is 0.143. The molecule has 0 bridgehead atoms. The average Bonchev–Trinajstić information content (AvgIpc) is 3.47. The van der Waals surface area contributed by atoms with Gasteiger partial charge in [0, 0.05) is 11.3 Å². The lowest BCUT2D eigenvalue weighted by Gasteiger charge is -2.22. The molecule has 37 heavy (non-hydrogen) atoms. The van der Waals surface area contributed by atoms with E-state index in [0.29, 0.717) is 21.2 Å². The summed E-state index contributed by atoms with van der Waals surface area (Å²) in [4.78, 5) is 27.9. The summed E-state index contributed by atoms with van der Waals surface area (Å²) in [6, 6.07) is 19.9. The Balaban J connectivity index is 1.58. The third kappa shape index (κ3) is 4.92. The van der Waals surface area contributed by atoms with Gasteiger partial charge in [-0.3, -0.25) is 14.5 Å². The highest BCUT2D eigenvalue weighted by Gasteiger charge is 2.48. The number of rotatable bonds is 6. The van der Waals surface area contributed by atoms with E-state index in [0.717, 1.165) is 16.7 Å². The SMILES string of the molecule is Cc1ccc(C)c(C(O)=C2C(=O)C(=O)N(c3nnc(SCc4ccccc4)s3)C2c2ccc(F)cc2)c1. The average molecular weight is 532 g/mol. The van der Waals surface area contributed by atoms with Gasteiger partial charge in [0.25, 0.3) is 5.78 Å². The lowest BCUT2D eigenvalue weighted by atomic mass is 9.93. The Morgan fingerprint density at radius 1 is 1.03 bits per heavy atom. The van der Waals surface area contributed by atoms with Crippen molar-refractivity contribution < 1.29 is 19.1 Å². The maximum atomic E-state index is 13.8. The molecule has 3 aromatic carbocycles. The van der Waals surface area contributed by atoms with E-state index in [9.17, 15) is 19.1 Å². The molecule has 6 nitrogen and oxygen atoms in total. The molecule has 0 saturated carbocycles. The van der Waals surface area contributed by atoms with Crippen LogP contribution in [-0.2, 0) is 15.3 Å². The number of aliphatic hydroxyl groups excluding tert-OH is 1. The number of carbonyl (C=O) groups excluding carboxylic acids is 2. The van der Waals surface area contributed by atoms with Crippen LogP contribution in [0.15, 0.2) is 82.7 Å². The molecule has 0 spiro atoms. The molecule has 1 N–H and O–H groups in total. The second-order valence-corrected chi connectivity index (χ2v) is 10.8. The zero-order valence-corrected chi connectivity index (χ0v) is 21.6. The van der Waals surface area contributed by atoms with Gasteiger partial charge in [0.2, 0.25) is 5.13 Å². The monoisotopic (exact) mass is 531 g/mol. The van der Waals surface area contributed by atoms with E-state index in [1.807, 2.05) is 56.3 Å². The number of benzene rings is 3. The first-order valence-corrected chi connectivity index (χ1v) is 13.3. The van der Waals surface area contributed by atoms with Crippen molar-refractivity contribution in [3.8, 4) is 0 Å². The van der Waals surface area contributed by atoms with Crippen LogP contribution >= 0.6 is 23.1 Å². The topological polar surface area (TPSA) is 83.4 Å². The number of aliphatic hydroxyl groups is 1. The smallest absolute Gasteiger partial charge is 0.301 e. The summed E-state index contributed by atoms with van der Waals surface area (Å²) in [5, 5.41) is 20.0. The lowest BCUT2D eigenvalue weighted by molar-refractivity contribution is -0.132. The van der Waals surface area contributed by atoms with Crippen LogP contribution in [0.1, 0.15) is 33.9 Å². The lowest BCUT2D eigenvalue weighted by Crippen LogP contribution is -2.29. The van der Waals surface area contributed by atoms with Gasteiger partial charge in [-0.05, 0) is 48.7 Å². The van der Waals surface area contributed by atoms with Crippen LogP contribution in [0.2, 0.25) is 0 Å². The van der Waals surface area contributed by atoms with Crippen molar-refractivity contribution in [1.82, 2.24) is 10.2 Å². The zero-order chi connectivity index (χ0) is 26.1. The normalized spacial score (nSPS) is 16.9. The van der Waals surface area contributed by atoms with Gasteiger partial charge >= 0.3 is 5.91 Å². The van der Waals surface area contributed by atoms with Crippen molar-refractivity contribution in [1.29, 1.82) is 0 Å².